The number of phenols is 1. The Morgan fingerprint density at radius 3 is 2.54 bits per heavy atom. The Kier molecular flexibility index (Phi) is 2.41. The minimum atomic E-state index is -1.10. The topological polar surface area (TPSA) is 60.8 Å². The van der Waals surface area contributed by atoms with Crippen molar-refractivity contribution in [1.29, 1.82) is 0 Å². The summed E-state index contributed by atoms with van der Waals surface area (Å²) in [5.74, 6) is -0.0232. The van der Waals surface area contributed by atoms with Crippen LogP contribution in [0.3, 0.4) is 0 Å². The summed E-state index contributed by atoms with van der Waals surface area (Å²) in [7, 11) is 1.38. The molecule has 1 amide bonds. The third-order valence-corrected chi connectivity index (χ3v) is 1.78. The van der Waals surface area contributed by atoms with E-state index in [0.717, 1.165) is 10.5 Å². The molecule has 0 radical (unpaired) electrons. The van der Waals surface area contributed by atoms with E-state index in [-0.39, 0.29) is 11.4 Å². The molecule has 0 bridgehead atoms. The summed E-state index contributed by atoms with van der Waals surface area (Å²) in [5, 5.41) is 18.0. The van der Waals surface area contributed by atoms with Crippen molar-refractivity contribution in [2.24, 2.45) is 0 Å². The summed E-state index contributed by atoms with van der Waals surface area (Å²) >= 11 is 0. The first kappa shape index (κ1) is 9.38. The molecule has 4 nitrogen and oxygen atoms in total. The largest absolute Gasteiger partial charge is 0.506 e. The van der Waals surface area contributed by atoms with Crippen LogP contribution in [-0.2, 0) is 0 Å². The molecule has 0 saturated carbocycles. The number of anilines is 1. The van der Waals surface area contributed by atoms with Crippen LogP contribution < -0.4 is 4.90 Å². The van der Waals surface area contributed by atoms with Gasteiger partial charge in [-0.1, -0.05) is 6.07 Å². The molecule has 0 fully saturated rings. The Morgan fingerprint density at radius 2 is 2.08 bits per heavy atom. The van der Waals surface area contributed by atoms with Crippen molar-refractivity contribution in [3.05, 3.63) is 23.8 Å². The van der Waals surface area contributed by atoms with E-state index in [2.05, 4.69) is 0 Å². The maximum Gasteiger partial charge on any atom is 0.411 e. The maximum atomic E-state index is 10.6. The molecule has 0 aliphatic heterocycles. The molecule has 0 aliphatic rings. The summed E-state index contributed by atoms with van der Waals surface area (Å²) in [6.07, 6.45) is -1.10. The Labute approximate surface area is 76.0 Å². The van der Waals surface area contributed by atoms with E-state index in [9.17, 15) is 9.90 Å². The van der Waals surface area contributed by atoms with Gasteiger partial charge in [-0.15, -0.1) is 0 Å². The molecule has 0 atom stereocenters. The summed E-state index contributed by atoms with van der Waals surface area (Å²) in [6, 6.07) is 4.84. The zero-order chi connectivity index (χ0) is 10.0. The second-order valence-electron chi connectivity index (χ2n) is 2.83. The van der Waals surface area contributed by atoms with E-state index < -0.39 is 6.09 Å². The third-order valence-electron chi connectivity index (χ3n) is 1.78. The zero-order valence-corrected chi connectivity index (χ0v) is 7.48. The minimum Gasteiger partial charge on any atom is -0.506 e. The van der Waals surface area contributed by atoms with Gasteiger partial charge in [0.15, 0.2) is 0 Å². The van der Waals surface area contributed by atoms with E-state index in [4.69, 9.17) is 5.11 Å². The molecule has 0 aliphatic carbocycles. The molecule has 70 valence electrons. The molecule has 1 rings (SSSR count). The predicted molar refractivity (Wildman–Crippen MR) is 49.3 cm³/mol. The van der Waals surface area contributed by atoms with Crippen LogP contribution in [0.25, 0.3) is 0 Å². The summed E-state index contributed by atoms with van der Waals surface area (Å²) < 4.78 is 0. The fourth-order valence-corrected chi connectivity index (χ4v) is 1.02. The normalized spacial score (nSPS) is 9.69. The summed E-state index contributed by atoms with van der Waals surface area (Å²) in [6.45, 7) is 1.82. The van der Waals surface area contributed by atoms with Crippen LogP contribution in [-0.4, -0.2) is 23.4 Å². The smallest absolute Gasteiger partial charge is 0.411 e. The monoisotopic (exact) mass is 181 g/mol. The van der Waals surface area contributed by atoms with Crippen LogP contribution in [0, 0.1) is 6.92 Å². The first-order valence-corrected chi connectivity index (χ1v) is 3.78. The van der Waals surface area contributed by atoms with E-state index >= 15 is 0 Å². The van der Waals surface area contributed by atoms with Crippen LogP contribution in [0.1, 0.15) is 5.56 Å². The molecular formula is C9H11NO3. The van der Waals surface area contributed by atoms with Crippen LogP contribution in [0.4, 0.5) is 10.5 Å². The number of aromatic hydroxyl groups is 1. The molecule has 4 heteroatoms. The molecule has 2 N–H and O–H groups in total. The first-order chi connectivity index (χ1) is 6.02. The average molecular weight is 181 g/mol. The van der Waals surface area contributed by atoms with Gasteiger partial charge in [0.1, 0.15) is 5.75 Å². The van der Waals surface area contributed by atoms with Crippen LogP contribution in [0.5, 0.6) is 5.75 Å². The van der Waals surface area contributed by atoms with Crippen LogP contribution >= 0.6 is 0 Å². The van der Waals surface area contributed by atoms with Crippen molar-refractivity contribution in [2.75, 3.05) is 11.9 Å². The quantitative estimate of drug-likeness (QED) is 0.694. The summed E-state index contributed by atoms with van der Waals surface area (Å²) in [5.41, 5.74) is 1.18. The van der Waals surface area contributed by atoms with Gasteiger partial charge in [-0.05, 0) is 24.6 Å². The van der Waals surface area contributed by atoms with Crippen molar-refractivity contribution >= 4 is 11.8 Å². The van der Waals surface area contributed by atoms with Crippen molar-refractivity contribution in [3.8, 4) is 5.75 Å². The van der Waals surface area contributed by atoms with E-state index in [1.165, 1.54) is 13.1 Å². The summed E-state index contributed by atoms with van der Waals surface area (Å²) in [4.78, 5) is 11.5. The number of hydrogen-bond donors (Lipinski definition) is 2. The Morgan fingerprint density at radius 1 is 1.46 bits per heavy atom. The minimum absolute atomic E-state index is 0.0232. The number of benzene rings is 1. The lowest BCUT2D eigenvalue weighted by atomic mass is 10.2. The van der Waals surface area contributed by atoms with Gasteiger partial charge in [-0.25, -0.2) is 4.79 Å². The number of carbonyl (C=O) groups is 1. The Balaban J connectivity index is 3.08. The SMILES string of the molecule is Cc1ccc(N(C)C(=O)O)c(O)c1. The van der Waals surface area contributed by atoms with E-state index in [0.29, 0.717) is 0 Å². The van der Waals surface area contributed by atoms with Gasteiger partial charge < -0.3 is 10.2 Å². The highest BCUT2D eigenvalue weighted by Gasteiger charge is 2.11. The lowest BCUT2D eigenvalue weighted by molar-refractivity contribution is 0.203. The molecule has 0 unspecified atom stereocenters. The molecule has 0 saturated heterocycles. The van der Waals surface area contributed by atoms with E-state index in [1.54, 1.807) is 12.1 Å². The highest BCUT2D eigenvalue weighted by molar-refractivity contribution is 5.87. The number of aryl methyl sites for hydroxylation is 1. The van der Waals surface area contributed by atoms with Crippen LogP contribution in [0.2, 0.25) is 0 Å². The van der Waals surface area contributed by atoms with Gasteiger partial charge in [-0.3, -0.25) is 4.90 Å². The second-order valence-corrected chi connectivity index (χ2v) is 2.83. The maximum absolute atomic E-state index is 10.6. The average Bonchev–Trinajstić information content (AvgIpc) is 2.03. The predicted octanol–water partition coefficient (Wildman–Crippen LogP) is 1.81. The van der Waals surface area contributed by atoms with Gasteiger partial charge in [0.2, 0.25) is 0 Å². The van der Waals surface area contributed by atoms with E-state index in [1.807, 2.05) is 6.92 Å². The number of rotatable bonds is 1. The van der Waals surface area contributed by atoms with Gasteiger partial charge in [0.05, 0.1) is 5.69 Å². The number of nitrogens with zero attached hydrogens (tertiary/aromatic N) is 1. The molecule has 0 heterocycles. The van der Waals surface area contributed by atoms with Crippen molar-refractivity contribution in [2.45, 2.75) is 6.92 Å². The fourth-order valence-electron chi connectivity index (χ4n) is 1.02. The van der Waals surface area contributed by atoms with Crippen LogP contribution in [0.15, 0.2) is 18.2 Å². The number of phenolic OH excluding ortho intramolecular Hbond substituents is 1. The standard InChI is InChI=1S/C9H11NO3/c1-6-3-4-7(8(11)5-6)10(2)9(12)13/h3-5,11H,1-2H3,(H,12,13). The highest BCUT2D eigenvalue weighted by atomic mass is 16.4. The highest BCUT2D eigenvalue weighted by Crippen LogP contribution is 2.26. The molecule has 0 spiro atoms. The molecule has 1 aromatic carbocycles. The van der Waals surface area contributed by atoms with Gasteiger partial charge in [0, 0.05) is 7.05 Å². The van der Waals surface area contributed by atoms with Crippen molar-refractivity contribution < 1.29 is 15.0 Å². The first-order valence-electron chi connectivity index (χ1n) is 3.78. The second kappa shape index (κ2) is 3.35. The zero-order valence-electron chi connectivity index (χ0n) is 7.48. The Bertz CT molecular complexity index is 336. The Hall–Kier alpha value is -1.71. The number of amides is 1. The van der Waals surface area contributed by atoms with Crippen molar-refractivity contribution in [1.82, 2.24) is 0 Å². The van der Waals surface area contributed by atoms with Crippen molar-refractivity contribution in [3.63, 3.8) is 0 Å². The lowest BCUT2D eigenvalue weighted by Gasteiger charge is -2.14. The molecular weight excluding hydrogens is 170 g/mol. The fraction of sp³-hybridized carbons (Fsp3) is 0.222. The van der Waals surface area contributed by atoms with Gasteiger partial charge in [0.25, 0.3) is 0 Å². The molecule has 1 aromatic rings. The third kappa shape index (κ3) is 1.90. The molecule has 13 heavy (non-hydrogen) atoms. The molecule has 0 aromatic heterocycles. The number of hydrogen-bond acceptors (Lipinski definition) is 2. The van der Waals surface area contributed by atoms with Gasteiger partial charge >= 0.3 is 6.09 Å². The van der Waals surface area contributed by atoms with Gasteiger partial charge in [-0.2, -0.15) is 0 Å². The lowest BCUT2D eigenvalue weighted by Crippen LogP contribution is -2.23. The number of carboxylic acid groups (broad SMARTS) is 1.